The van der Waals surface area contributed by atoms with E-state index in [1.54, 1.807) is 20.8 Å². The molecule has 0 heterocycles. The highest BCUT2D eigenvalue weighted by Crippen LogP contribution is 2.44. The molecule has 0 aromatic heterocycles. The average molecular weight is 455 g/mol. The molecule has 0 bridgehead atoms. The topological polar surface area (TPSA) is 103 Å². The lowest BCUT2D eigenvalue weighted by Gasteiger charge is -2.23. The molecule has 0 spiro atoms. The average Bonchev–Trinajstić information content (AvgIpc) is 3.08. The van der Waals surface area contributed by atoms with Gasteiger partial charge in [0.1, 0.15) is 12.2 Å². The van der Waals surface area contributed by atoms with Crippen LogP contribution in [0.3, 0.4) is 0 Å². The Morgan fingerprint density at radius 2 is 1.52 bits per heavy atom. The summed E-state index contributed by atoms with van der Waals surface area (Å²) in [5.74, 6) is -0.584. The van der Waals surface area contributed by atoms with Crippen molar-refractivity contribution >= 4 is 18.2 Å². The zero-order valence-corrected chi connectivity index (χ0v) is 19.3. The van der Waals surface area contributed by atoms with Crippen LogP contribution >= 0.6 is 0 Å². The van der Waals surface area contributed by atoms with Gasteiger partial charge in [0.05, 0.1) is 19.6 Å². The normalized spacial score (nSPS) is 13.3. The zero-order valence-electron chi connectivity index (χ0n) is 19.3. The maximum absolute atomic E-state index is 12.4. The van der Waals surface area contributed by atoms with E-state index >= 15 is 0 Å². The number of hydrogen-bond donors (Lipinski definition) is 2. The summed E-state index contributed by atoms with van der Waals surface area (Å²) in [5, 5.41) is 5.20. The fourth-order valence-electron chi connectivity index (χ4n) is 3.79. The number of methoxy groups -OCH3 is 1. The number of carbonyl (C=O) groups excluding carboxylic acids is 3. The van der Waals surface area contributed by atoms with Crippen LogP contribution in [0.4, 0.5) is 9.59 Å². The third-order valence-corrected chi connectivity index (χ3v) is 5.20. The highest BCUT2D eigenvalue weighted by molar-refractivity contribution is 5.79. The lowest BCUT2D eigenvalue weighted by molar-refractivity contribution is -0.141. The number of hydrogen-bond acceptors (Lipinski definition) is 6. The van der Waals surface area contributed by atoms with Gasteiger partial charge in [-0.1, -0.05) is 48.5 Å². The molecule has 1 atom stereocenters. The quantitative estimate of drug-likeness (QED) is 0.485. The molecule has 0 aliphatic heterocycles. The van der Waals surface area contributed by atoms with Crippen molar-refractivity contribution in [2.45, 2.75) is 44.8 Å². The maximum Gasteiger partial charge on any atom is 0.407 e. The Morgan fingerprint density at radius 1 is 0.939 bits per heavy atom. The van der Waals surface area contributed by atoms with Crippen LogP contribution in [0.5, 0.6) is 0 Å². The summed E-state index contributed by atoms with van der Waals surface area (Å²) in [5.41, 5.74) is 3.81. The first-order valence-corrected chi connectivity index (χ1v) is 10.8. The van der Waals surface area contributed by atoms with Crippen LogP contribution in [0, 0.1) is 0 Å². The van der Waals surface area contributed by atoms with Crippen molar-refractivity contribution in [1.82, 2.24) is 10.6 Å². The molecule has 2 aromatic rings. The van der Waals surface area contributed by atoms with E-state index in [9.17, 15) is 14.4 Å². The maximum atomic E-state index is 12.4. The minimum atomic E-state index is -0.715. The van der Waals surface area contributed by atoms with Crippen LogP contribution in [0.2, 0.25) is 0 Å². The second-order valence-electron chi connectivity index (χ2n) is 8.83. The first kappa shape index (κ1) is 24.1. The van der Waals surface area contributed by atoms with Gasteiger partial charge in [-0.25, -0.2) is 9.59 Å². The van der Waals surface area contributed by atoms with Gasteiger partial charge in [0.25, 0.3) is 0 Å². The Labute approximate surface area is 193 Å². The van der Waals surface area contributed by atoms with Crippen LogP contribution in [0.25, 0.3) is 11.1 Å². The Balaban J connectivity index is 1.58. The molecule has 176 valence electrons. The lowest BCUT2D eigenvalue weighted by Crippen LogP contribution is -2.46. The van der Waals surface area contributed by atoms with E-state index in [0.717, 1.165) is 22.3 Å². The molecule has 1 aliphatic carbocycles. The van der Waals surface area contributed by atoms with Crippen molar-refractivity contribution in [3.05, 3.63) is 59.7 Å². The predicted octanol–water partition coefficient (Wildman–Crippen LogP) is 3.98. The van der Waals surface area contributed by atoms with Crippen LogP contribution in [-0.4, -0.2) is 50.1 Å². The van der Waals surface area contributed by atoms with Gasteiger partial charge in [0.15, 0.2) is 0 Å². The molecule has 0 saturated heterocycles. The monoisotopic (exact) mass is 454 g/mol. The van der Waals surface area contributed by atoms with E-state index in [-0.39, 0.29) is 25.5 Å². The second-order valence-corrected chi connectivity index (χ2v) is 8.83. The molecule has 0 fully saturated rings. The summed E-state index contributed by atoms with van der Waals surface area (Å²) in [6.45, 7) is 5.34. The summed E-state index contributed by atoms with van der Waals surface area (Å²) >= 11 is 0. The Hall–Kier alpha value is -3.55. The lowest BCUT2D eigenvalue weighted by atomic mass is 9.98. The molecule has 0 radical (unpaired) electrons. The SMILES string of the molecule is COC(=O)CC(CNC(=O)OCC1c2ccccc2-c2ccccc21)NC(=O)OC(C)(C)C. The van der Waals surface area contributed by atoms with Crippen molar-refractivity contribution in [1.29, 1.82) is 0 Å². The van der Waals surface area contributed by atoms with Crippen molar-refractivity contribution < 1.29 is 28.6 Å². The third-order valence-electron chi connectivity index (χ3n) is 5.20. The van der Waals surface area contributed by atoms with Crippen LogP contribution in [-0.2, 0) is 19.0 Å². The second kappa shape index (κ2) is 10.4. The molecular formula is C25H30N2O6. The molecule has 8 heteroatoms. The summed E-state index contributed by atoms with van der Waals surface area (Å²) in [7, 11) is 1.26. The molecule has 2 aromatic carbocycles. The number of ether oxygens (including phenoxy) is 3. The van der Waals surface area contributed by atoms with E-state index in [2.05, 4.69) is 27.5 Å². The van der Waals surface area contributed by atoms with Gasteiger partial charge >= 0.3 is 18.2 Å². The summed E-state index contributed by atoms with van der Waals surface area (Å²) in [6, 6.07) is 15.4. The van der Waals surface area contributed by atoms with Gasteiger partial charge in [-0.15, -0.1) is 0 Å². The smallest absolute Gasteiger partial charge is 0.407 e. The van der Waals surface area contributed by atoms with Crippen molar-refractivity contribution in [3.63, 3.8) is 0 Å². The van der Waals surface area contributed by atoms with E-state index in [4.69, 9.17) is 9.47 Å². The summed E-state index contributed by atoms with van der Waals surface area (Å²) in [6.07, 6.45) is -1.46. The van der Waals surface area contributed by atoms with Crippen molar-refractivity contribution in [3.8, 4) is 11.1 Å². The van der Waals surface area contributed by atoms with Crippen LogP contribution in [0.15, 0.2) is 48.5 Å². The molecule has 0 saturated carbocycles. The van der Waals surface area contributed by atoms with E-state index in [1.165, 1.54) is 7.11 Å². The third kappa shape index (κ3) is 6.47. The van der Waals surface area contributed by atoms with E-state index in [0.29, 0.717) is 0 Å². The van der Waals surface area contributed by atoms with Gasteiger partial charge in [-0.05, 0) is 43.0 Å². The van der Waals surface area contributed by atoms with Crippen molar-refractivity contribution in [2.75, 3.05) is 20.3 Å². The van der Waals surface area contributed by atoms with Gasteiger partial charge < -0.3 is 24.8 Å². The fraction of sp³-hybridized carbons (Fsp3) is 0.400. The molecule has 1 aliphatic rings. The summed E-state index contributed by atoms with van der Waals surface area (Å²) in [4.78, 5) is 36.2. The fourth-order valence-corrected chi connectivity index (χ4v) is 3.79. The molecular weight excluding hydrogens is 424 g/mol. The molecule has 2 N–H and O–H groups in total. The van der Waals surface area contributed by atoms with Gasteiger partial charge in [-0.3, -0.25) is 4.79 Å². The summed E-state index contributed by atoms with van der Waals surface area (Å²) < 4.78 is 15.4. The van der Waals surface area contributed by atoms with Gasteiger partial charge in [0.2, 0.25) is 0 Å². The molecule has 33 heavy (non-hydrogen) atoms. The number of rotatable bonds is 7. The number of nitrogens with one attached hydrogen (secondary N) is 2. The minimum Gasteiger partial charge on any atom is -0.469 e. The van der Waals surface area contributed by atoms with E-state index in [1.807, 2.05) is 36.4 Å². The molecule has 2 amide bonds. The zero-order chi connectivity index (χ0) is 24.0. The highest BCUT2D eigenvalue weighted by atomic mass is 16.6. The van der Waals surface area contributed by atoms with E-state index < -0.39 is 29.8 Å². The Morgan fingerprint density at radius 3 is 2.06 bits per heavy atom. The number of benzene rings is 2. The molecule has 3 rings (SSSR count). The Kier molecular flexibility index (Phi) is 7.58. The van der Waals surface area contributed by atoms with Gasteiger partial charge in [-0.2, -0.15) is 0 Å². The largest absolute Gasteiger partial charge is 0.469 e. The first-order valence-electron chi connectivity index (χ1n) is 10.8. The Bertz CT molecular complexity index is 968. The van der Waals surface area contributed by atoms with Crippen molar-refractivity contribution in [2.24, 2.45) is 0 Å². The number of alkyl carbamates (subject to hydrolysis) is 2. The van der Waals surface area contributed by atoms with Gasteiger partial charge in [0, 0.05) is 12.5 Å². The molecule has 8 nitrogen and oxygen atoms in total. The highest BCUT2D eigenvalue weighted by Gasteiger charge is 2.29. The van der Waals surface area contributed by atoms with Crippen LogP contribution in [0.1, 0.15) is 44.2 Å². The molecule has 1 unspecified atom stereocenters. The number of fused-ring (bicyclic) bond motifs is 3. The van der Waals surface area contributed by atoms with Crippen LogP contribution < -0.4 is 10.6 Å². The predicted molar refractivity (Wildman–Crippen MR) is 123 cm³/mol. The number of amides is 2. The first-order chi connectivity index (χ1) is 15.7. The standard InChI is InChI=1S/C25H30N2O6/c1-25(2,3)33-24(30)27-16(13-22(28)31-4)14-26-23(29)32-15-21-19-11-7-5-9-17(19)18-10-6-8-12-20(18)21/h5-12,16,21H,13-15H2,1-4H3,(H,26,29)(H,27,30). The minimum absolute atomic E-state index is 0.0228. The number of carbonyl (C=O) groups is 3. The number of esters is 1.